The van der Waals surface area contributed by atoms with Gasteiger partial charge in [-0.05, 0) is 31.6 Å². The second kappa shape index (κ2) is 6.76. The van der Waals surface area contributed by atoms with Crippen molar-refractivity contribution in [3.63, 3.8) is 0 Å². The van der Waals surface area contributed by atoms with Crippen LogP contribution in [0.4, 0.5) is 17.1 Å². The van der Waals surface area contributed by atoms with E-state index in [2.05, 4.69) is 16.2 Å². The average Bonchev–Trinajstić information content (AvgIpc) is 2.77. The normalized spacial score (nSPS) is 21.3. The van der Waals surface area contributed by atoms with E-state index in [4.69, 9.17) is 12.2 Å². The lowest BCUT2D eigenvalue weighted by Gasteiger charge is -2.26. The van der Waals surface area contributed by atoms with Crippen LogP contribution in [0.5, 0.6) is 0 Å². The van der Waals surface area contributed by atoms with Crippen LogP contribution in [0.2, 0.25) is 0 Å². The van der Waals surface area contributed by atoms with Crippen molar-refractivity contribution >= 4 is 44.2 Å². The Balaban J connectivity index is 2.05. The summed E-state index contributed by atoms with van der Waals surface area (Å²) in [5.74, 6) is -0.0140. The Kier molecular flexibility index (Phi) is 5.08. The Morgan fingerprint density at radius 2 is 1.96 bits per heavy atom. The molecule has 13 heteroatoms. The highest BCUT2D eigenvalue weighted by atomic mass is 32.2. The molecule has 1 aromatic rings. The average molecular weight is 389 g/mol. The molecule has 136 valence electrons. The van der Waals surface area contributed by atoms with Gasteiger partial charge in [0.1, 0.15) is 5.69 Å². The number of non-ortho nitro benzene ring substituents is 1. The van der Waals surface area contributed by atoms with Crippen molar-refractivity contribution in [3.05, 3.63) is 38.4 Å². The maximum atomic E-state index is 11.6. The molecule has 1 saturated heterocycles. The molecule has 1 aliphatic heterocycles. The molecular formula is C12H15N5O6S2. The van der Waals surface area contributed by atoms with Gasteiger partial charge >= 0.3 is 5.69 Å². The third-order valence-electron chi connectivity index (χ3n) is 3.62. The van der Waals surface area contributed by atoms with Crippen molar-refractivity contribution in [3.8, 4) is 0 Å². The molecule has 0 radical (unpaired) electrons. The predicted molar refractivity (Wildman–Crippen MR) is 93.9 cm³/mol. The first-order valence-electron chi connectivity index (χ1n) is 6.99. The van der Waals surface area contributed by atoms with E-state index in [-0.39, 0.29) is 22.3 Å². The molecule has 0 unspecified atom stereocenters. The number of nitrogens with zero attached hydrogens (tertiary/aromatic N) is 2. The van der Waals surface area contributed by atoms with Gasteiger partial charge < -0.3 is 5.32 Å². The minimum absolute atomic E-state index is 0.0241. The Bertz CT molecular complexity index is 842. The van der Waals surface area contributed by atoms with Gasteiger partial charge in [0, 0.05) is 6.07 Å². The first kappa shape index (κ1) is 18.8. The second-order valence-electron chi connectivity index (χ2n) is 5.82. The highest BCUT2D eigenvalue weighted by molar-refractivity contribution is 7.91. The van der Waals surface area contributed by atoms with Gasteiger partial charge in [-0.25, -0.2) is 8.42 Å². The predicted octanol–water partition coefficient (Wildman–Crippen LogP) is 0.871. The molecule has 11 nitrogen and oxygen atoms in total. The van der Waals surface area contributed by atoms with Crippen LogP contribution in [0.3, 0.4) is 0 Å². The second-order valence-corrected chi connectivity index (χ2v) is 8.41. The number of nitrogens with one attached hydrogen (secondary N) is 3. The first-order valence-corrected chi connectivity index (χ1v) is 9.22. The van der Waals surface area contributed by atoms with Gasteiger partial charge in [0.15, 0.2) is 14.9 Å². The van der Waals surface area contributed by atoms with E-state index in [1.54, 1.807) is 6.92 Å². The number of hydrogen-bond donors (Lipinski definition) is 3. The molecule has 1 fully saturated rings. The molecule has 1 heterocycles. The van der Waals surface area contributed by atoms with E-state index in [1.807, 2.05) is 0 Å². The summed E-state index contributed by atoms with van der Waals surface area (Å²) in [5, 5.41) is 24.7. The SMILES string of the molecule is C[C@@]1(NC(=S)NNc2ccc([N+](=O)[O-])cc2[N+](=O)[O-])CCS(=O)(=O)C1. The molecule has 25 heavy (non-hydrogen) atoms. The molecule has 1 aliphatic rings. The Morgan fingerprint density at radius 3 is 2.48 bits per heavy atom. The quantitative estimate of drug-likeness (QED) is 0.375. The molecule has 0 aromatic heterocycles. The lowest BCUT2D eigenvalue weighted by atomic mass is 10.0. The van der Waals surface area contributed by atoms with Gasteiger partial charge in [-0.3, -0.25) is 31.1 Å². The van der Waals surface area contributed by atoms with Crippen LogP contribution >= 0.6 is 12.2 Å². The minimum Gasteiger partial charge on any atom is -0.355 e. The van der Waals surface area contributed by atoms with Crippen LogP contribution in [0.25, 0.3) is 0 Å². The zero-order valence-electron chi connectivity index (χ0n) is 13.0. The number of nitro groups is 2. The van der Waals surface area contributed by atoms with E-state index in [0.29, 0.717) is 6.42 Å². The first-order chi connectivity index (χ1) is 11.5. The van der Waals surface area contributed by atoms with E-state index < -0.39 is 36.6 Å². The molecule has 1 atom stereocenters. The molecule has 0 aliphatic carbocycles. The van der Waals surface area contributed by atoms with Crippen LogP contribution in [0.15, 0.2) is 18.2 Å². The van der Waals surface area contributed by atoms with Crippen molar-refractivity contribution in [2.75, 3.05) is 16.9 Å². The highest BCUT2D eigenvalue weighted by Gasteiger charge is 2.38. The Labute approximate surface area is 148 Å². The van der Waals surface area contributed by atoms with Gasteiger partial charge in [-0.1, -0.05) is 0 Å². The van der Waals surface area contributed by atoms with Crippen molar-refractivity contribution in [2.45, 2.75) is 18.9 Å². The van der Waals surface area contributed by atoms with Crippen molar-refractivity contribution in [2.24, 2.45) is 0 Å². The maximum Gasteiger partial charge on any atom is 0.300 e. The molecule has 3 N–H and O–H groups in total. The Hall–Kier alpha value is -2.54. The number of sulfone groups is 1. The van der Waals surface area contributed by atoms with Crippen molar-refractivity contribution < 1.29 is 18.3 Å². The fourth-order valence-electron chi connectivity index (χ4n) is 2.43. The summed E-state index contributed by atoms with van der Waals surface area (Å²) in [6, 6.07) is 3.11. The molecular weight excluding hydrogens is 374 g/mol. The van der Waals surface area contributed by atoms with Crippen LogP contribution in [-0.2, 0) is 9.84 Å². The van der Waals surface area contributed by atoms with Crippen LogP contribution in [0.1, 0.15) is 13.3 Å². The maximum absolute atomic E-state index is 11.6. The smallest absolute Gasteiger partial charge is 0.300 e. The molecule has 2 rings (SSSR count). The highest BCUT2D eigenvalue weighted by Crippen LogP contribution is 2.28. The number of hydrazine groups is 1. The zero-order valence-corrected chi connectivity index (χ0v) is 14.6. The largest absolute Gasteiger partial charge is 0.355 e. The number of nitro benzene ring substituents is 2. The standard InChI is InChI=1S/C12H15N5O6S2/c1-12(4-5-25(22,23)7-12)13-11(24)15-14-9-3-2-8(16(18)19)6-10(9)17(20)21/h2-3,6,14H,4-5,7H2,1H3,(H2,13,15,24)/t12-/m1/s1. The number of hydrogen-bond acceptors (Lipinski definition) is 8. The lowest BCUT2D eigenvalue weighted by molar-refractivity contribution is -0.393. The monoisotopic (exact) mass is 389 g/mol. The van der Waals surface area contributed by atoms with Crippen LogP contribution in [-0.4, -0.2) is 40.4 Å². The van der Waals surface area contributed by atoms with Gasteiger partial charge in [0.2, 0.25) is 0 Å². The molecule has 0 saturated carbocycles. The number of benzene rings is 1. The summed E-state index contributed by atoms with van der Waals surface area (Å²) in [4.78, 5) is 20.2. The summed E-state index contributed by atoms with van der Waals surface area (Å²) < 4.78 is 23.1. The lowest BCUT2D eigenvalue weighted by Crippen LogP contribution is -2.52. The summed E-state index contributed by atoms with van der Waals surface area (Å²) in [6.45, 7) is 1.71. The zero-order chi connectivity index (χ0) is 18.8. The molecule has 0 spiro atoms. The van der Waals surface area contributed by atoms with E-state index in [0.717, 1.165) is 12.1 Å². The summed E-state index contributed by atoms with van der Waals surface area (Å²) >= 11 is 5.06. The third kappa shape index (κ3) is 4.73. The van der Waals surface area contributed by atoms with Gasteiger partial charge in [0.05, 0.1) is 33.0 Å². The molecule has 0 amide bonds. The number of thiocarbonyl (C=S) groups is 1. The van der Waals surface area contributed by atoms with Crippen LogP contribution in [0, 0.1) is 20.2 Å². The number of rotatable bonds is 5. The van der Waals surface area contributed by atoms with Gasteiger partial charge in [0.25, 0.3) is 5.69 Å². The summed E-state index contributed by atoms with van der Waals surface area (Å²) in [7, 11) is -3.12. The topological polar surface area (TPSA) is 157 Å². The van der Waals surface area contributed by atoms with Gasteiger partial charge in [-0.15, -0.1) is 0 Å². The fourth-order valence-corrected chi connectivity index (χ4v) is 4.82. The minimum atomic E-state index is -3.12. The van der Waals surface area contributed by atoms with Gasteiger partial charge in [-0.2, -0.15) is 0 Å². The molecule has 0 bridgehead atoms. The molecule has 1 aromatic carbocycles. The summed E-state index contributed by atoms with van der Waals surface area (Å²) in [6.07, 6.45) is 0.384. The Morgan fingerprint density at radius 1 is 1.28 bits per heavy atom. The number of anilines is 1. The third-order valence-corrected chi connectivity index (χ3v) is 5.73. The fraction of sp³-hybridized carbons (Fsp3) is 0.417. The van der Waals surface area contributed by atoms with Crippen molar-refractivity contribution in [1.29, 1.82) is 0 Å². The summed E-state index contributed by atoms with van der Waals surface area (Å²) in [5.41, 5.74) is 3.36. The van der Waals surface area contributed by atoms with Crippen molar-refractivity contribution in [1.82, 2.24) is 10.7 Å². The van der Waals surface area contributed by atoms with E-state index in [9.17, 15) is 28.6 Å². The van der Waals surface area contributed by atoms with E-state index in [1.165, 1.54) is 6.07 Å². The van der Waals surface area contributed by atoms with E-state index >= 15 is 0 Å². The van der Waals surface area contributed by atoms with Crippen LogP contribution < -0.4 is 16.2 Å².